The molecule has 2 aromatic heterocycles. The standard InChI is InChI=1S/C22H25ClF4N4O3Si/c1-35(2,3)7-6-33-12-31-11-14(23)19-17(4-5-28-21(19)31)34-20-15(24)8-13(9-16(20)25)30-22(32)29-10-18(26)27/h4-5,8-9,11,18H,6-7,10,12H2,1-3H3,(H2,29,30,32). The molecular formula is C22H25ClF4N4O3Si. The molecule has 190 valence electrons. The Morgan fingerprint density at radius 1 is 1.23 bits per heavy atom. The van der Waals surface area contributed by atoms with Crippen LogP contribution in [0, 0.1) is 11.6 Å². The first-order valence-corrected chi connectivity index (χ1v) is 14.7. The zero-order valence-corrected chi connectivity index (χ0v) is 21.1. The van der Waals surface area contributed by atoms with Gasteiger partial charge >= 0.3 is 6.03 Å². The molecule has 0 fully saturated rings. The van der Waals surface area contributed by atoms with E-state index in [1.807, 2.05) is 5.32 Å². The molecule has 0 aliphatic heterocycles. The number of hydrogen-bond acceptors (Lipinski definition) is 4. The molecule has 0 atom stereocenters. The summed E-state index contributed by atoms with van der Waals surface area (Å²) in [6.07, 6.45) is 0.241. The molecule has 2 heterocycles. The van der Waals surface area contributed by atoms with Gasteiger partial charge in [-0.3, -0.25) is 0 Å². The van der Waals surface area contributed by atoms with E-state index in [0.717, 1.165) is 18.2 Å². The van der Waals surface area contributed by atoms with Crippen molar-refractivity contribution in [3.63, 3.8) is 0 Å². The maximum Gasteiger partial charge on any atom is 0.319 e. The highest BCUT2D eigenvalue weighted by atomic mass is 35.5. The summed E-state index contributed by atoms with van der Waals surface area (Å²) in [7, 11) is -1.25. The SMILES string of the molecule is C[Si](C)(C)CCOCn1cc(Cl)c2c(Oc3c(F)cc(NC(=O)NCC(F)F)cc3F)ccnc21. The van der Waals surface area contributed by atoms with Crippen molar-refractivity contribution in [2.24, 2.45) is 0 Å². The maximum absolute atomic E-state index is 14.6. The fraction of sp³-hybridized carbons (Fsp3) is 0.364. The Labute approximate surface area is 205 Å². The molecule has 2 amide bonds. The van der Waals surface area contributed by atoms with Crippen LogP contribution in [0.5, 0.6) is 11.5 Å². The fourth-order valence-corrected chi connectivity index (χ4v) is 4.10. The van der Waals surface area contributed by atoms with E-state index in [0.29, 0.717) is 17.6 Å². The molecule has 13 heteroatoms. The second kappa shape index (κ2) is 11.3. The van der Waals surface area contributed by atoms with Crippen LogP contribution in [-0.2, 0) is 11.5 Å². The van der Waals surface area contributed by atoms with Crippen LogP contribution in [0.2, 0.25) is 30.7 Å². The van der Waals surface area contributed by atoms with Gasteiger partial charge in [-0.1, -0.05) is 31.2 Å². The van der Waals surface area contributed by atoms with Crippen LogP contribution in [0.3, 0.4) is 0 Å². The third-order valence-corrected chi connectivity index (χ3v) is 6.78. The number of fused-ring (bicyclic) bond motifs is 1. The number of ether oxygens (including phenoxy) is 2. The number of amides is 2. The average Bonchev–Trinajstić information content (AvgIpc) is 3.08. The number of hydrogen-bond donors (Lipinski definition) is 2. The molecule has 0 saturated heterocycles. The van der Waals surface area contributed by atoms with Crippen molar-refractivity contribution in [1.29, 1.82) is 0 Å². The largest absolute Gasteiger partial charge is 0.450 e. The summed E-state index contributed by atoms with van der Waals surface area (Å²) in [6, 6.07) is 2.97. The zero-order chi connectivity index (χ0) is 25.8. The number of rotatable bonds is 10. The molecule has 0 radical (unpaired) electrons. The Hall–Kier alpha value is -2.83. The molecule has 0 aliphatic carbocycles. The molecule has 0 bridgehead atoms. The number of pyridine rings is 1. The zero-order valence-electron chi connectivity index (χ0n) is 19.3. The number of anilines is 1. The second-order valence-electron chi connectivity index (χ2n) is 8.90. The lowest BCUT2D eigenvalue weighted by atomic mass is 10.2. The van der Waals surface area contributed by atoms with Crippen LogP contribution < -0.4 is 15.4 Å². The lowest BCUT2D eigenvalue weighted by molar-refractivity contribution is 0.0899. The quantitative estimate of drug-likeness (QED) is 0.178. The van der Waals surface area contributed by atoms with Gasteiger partial charge < -0.3 is 24.7 Å². The Balaban J connectivity index is 1.78. The number of halogens is 5. The van der Waals surface area contributed by atoms with Crippen molar-refractivity contribution in [2.45, 2.75) is 38.8 Å². The van der Waals surface area contributed by atoms with E-state index < -0.39 is 44.5 Å². The number of carbonyl (C=O) groups is 1. The molecular weight excluding hydrogens is 508 g/mol. The minimum absolute atomic E-state index is 0.0639. The van der Waals surface area contributed by atoms with Gasteiger partial charge in [-0.2, -0.15) is 0 Å². The van der Waals surface area contributed by atoms with Gasteiger partial charge in [0.05, 0.1) is 17.0 Å². The molecule has 1 aromatic carbocycles. The minimum atomic E-state index is -2.76. The summed E-state index contributed by atoms with van der Waals surface area (Å²) >= 11 is 6.36. The van der Waals surface area contributed by atoms with Crippen LogP contribution in [-0.4, -0.2) is 43.2 Å². The first kappa shape index (κ1) is 26.8. The lowest BCUT2D eigenvalue weighted by Crippen LogP contribution is -2.32. The topological polar surface area (TPSA) is 77.4 Å². The summed E-state index contributed by atoms with van der Waals surface area (Å²) in [5.41, 5.74) is 0.133. The molecule has 0 unspecified atom stereocenters. The minimum Gasteiger partial charge on any atom is -0.450 e. The first-order chi connectivity index (χ1) is 16.4. The van der Waals surface area contributed by atoms with Gasteiger partial charge in [-0.15, -0.1) is 0 Å². The van der Waals surface area contributed by atoms with Crippen molar-refractivity contribution < 1.29 is 31.8 Å². The van der Waals surface area contributed by atoms with Crippen molar-refractivity contribution in [3.8, 4) is 11.5 Å². The van der Waals surface area contributed by atoms with Crippen molar-refractivity contribution in [2.75, 3.05) is 18.5 Å². The predicted octanol–water partition coefficient (Wildman–Crippen LogP) is 6.46. The van der Waals surface area contributed by atoms with Crippen LogP contribution >= 0.6 is 11.6 Å². The van der Waals surface area contributed by atoms with Gasteiger partial charge in [-0.25, -0.2) is 27.3 Å². The molecule has 7 nitrogen and oxygen atoms in total. The predicted molar refractivity (Wildman–Crippen MR) is 128 cm³/mol. The van der Waals surface area contributed by atoms with Gasteiger partial charge in [0, 0.05) is 44.9 Å². The Kier molecular flexibility index (Phi) is 8.62. The summed E-state index contributed by atoms with van der Waals surface area (Å²) in [5.74, 6) is -2.91. The third kappa shape index (κ3) is 7.32. The summed E-state index contributed by atoms with van der Waals surface area (Å²) in [4.78, 5) is 15.9. The van der Waals surface area contributed by atoms with Crippen LogP contribution in [0.4, 0.5) is 28.0 Å². The van der Waals surface area contributed by atoms with Crippen LogP contribution in [0.1, 0.15) is 0 Å². The van der Waals surface area contributed by atoms with Crippen LogP contribution in [0.25, 0.3) is 11.0 Å². The van der Waals surface area contributed by atoms with E-state index in [9.17, 15) is 22.4 Å². The highest BCUT2D eigenvalue weighted by molar-refractivity contribution is 6.76. The molecule has 0 aliphatic rings. The van der Waals surface area contributed by atoms with Gasteiger partial charge in [0.25, 0.3) is 6.43 Å². The summed E-state index contributed by atoms with van der Waals surface area (Å²) in [6.45, 7) is 6.60. The van der Waals surface area contributed by atoms with Crippen molar-refractivity contribution >= 4 is 42.4 Å². The number of aromatic nitrogens is 2. The highest BCUT2D eigenvalue weighted by Gasteiger charge is 2.20. The Morgan fingerprint density at radius 3 is 2.54 bits per heavy atom. The summed E-state index contributed by atoms with van der Waals surface area (Å²) in [5, 5.41) is 4.55. The van der Waals surface area contributed by atoms with Gasteiger partial charge in [0.1, 0.15) is 18.1 Å². The monoisotopic (exact) mass is 532 g/mol. The Bertz CT molecular complexity index is 1180. The van der Waals surface area contributed by atoms with E-state index in [1.165, 1.54) is 12.3 Å². The summed E-state index contributed by atoms with van der Waals surface area (Å²) < 4.78 is 66.6. The molecule has 0 saturated carbocycles. The van der Waals surface area contributed by atoms with Gasteiger partial charge in [0.15, 0.2) is 17.4 Å². The van der Waals surface area contributed by atoms with Gasteiger partial charge in [0.2, 0.25) is 0 Å². The van der Waals surface area contributed by atoms with E-state index in [2.05, 4.69) is 29.9 Å². The van der Waals surface area contributed by atoms with E-state index in [1.54, 1.807) is 10.8 Å². The molecule has 3 aromatic rings. The normalized spacial score (nSPS) is 11.8. The van der Waals surface area contributed by atoms with E-state index in [4.69, 9.17) is 21.1 Å². The highest BCUT2D eigenvalue weighted by Crippen LogP contribution is 2.37. The molecule has 35 heavy (non-hydrogen) atoms. The van der Waals surface area contributed by atoms with Gasteiger partial charge in [-0.05, 0) is 12.1 Å². The maximum atomic E-state index is 14.6. The number of nitrogens with one attached hydrogen (secondary N) is 2. The number of alkyl halides is 2. The van der Waals surface area contributed by atoms with Crippen molar-refractivity contribution in [3.05, 3.63) is 47.2 Å². The second-order valence-corrected chi connectivity index (χ2v) is 14.9. The Morgan fingerprint density at radius 2 is 1.91 bits per heavy atom. The third-order valence-electron chi connectivity index (χ3n) is 4.78. The number of nitrogens with zero attached hydrogens (tertiary/aromatic N) is 2. The fourth-order valence-electron chi connectivity index (χ4n) is 3.05. The molecule has 3 rings (SSSR count). The number of benzene rings is 1. The van der Waals surface area contributed by atoms with E-state index >= 15 is 0 Å². The van der Waals surface area contributed by atoms with Crippen molar-refractivity contribution in [1.82, 2.24) is 14.9 Å². The van der Waals surface area contributed by atoms with E-state index in [-0.39, 0.29) is 23.2 Å². The molecule has 2 N–H and O–H groups in total. The van der Waals surface area contributed by atoms with Crippen LogP contribution in [0.15, 0.2) is 30.6 Å². The average molecular weight is 533 g/mol. The number of carbonyl (C=O) groups excluding carboxylic acids is 1. The lowest BCUT2D eigenvalue weighted by Gasteiger charge is -2.15. The first-order valence-electron chi connectivity index (χ1n) is 10.7. The molecule has 0 spiro atoms. The number of urea groups is 1. The smallest absolute Gasteiger partial charge is 0.319 e.